The lowest BCUT2D eigenvalue weighted by Gasteiger charge is -2.40. The second-order valence-electron chi connectivity index (χ2n) is 8.59. The van der Waals surface area contributed by atoms with Crippen molar-refractivity contribution in [2.45, 2.75) is 38.6 Å². The summed E-state index contributed by atoms with van der Waals surface area (Å²) < 4.78 is 0. The molecule has 156 valence electrons. The molecule has 0 bridgehead atoms. The Bertz CT molecular complexity index is 1200. The maximum atomic E-state index is 11.9. The van der Waals surface area contributed by atoms with Crippen molar-refractivity contribution in [3.05, 3.63) is 54.0 Å². The van der Waals surface area contributed by atoms with Gasteiger partial charge in [0.2, 0.25) is 5.91 Å². The number of amides is 1. The highest BCUT2D eigenvalue weighted by Crippen LogP contribution is 2.46. The fraction of sp³-hybridized carbons (Fsp3) is 0.360. The first kappa shape index (κ1) is 19.5. The van der Waals surface area contributed by atoms with Gasteiger partial charge in [-0.05, 0) is 42.8 Å². The highest BCUT2D eigenvalue weighted by Gasteiger charge is 2.32. The van der Waals surface area contributed by atoms with Crippen molar-refractivity contribution in [1.29, 1.82) is 5.26 Å². The standard InChI is InChI=1S/C25H25N5O/c1-16-15-29(10-11-30(16)17(2)31)25-20(13-26)12-23(24(28-25)18-6-7-18)22-5-3-4-19-14-27-9-8-21(19)22/h3-5,8-9,12,14,16,18H,6-7,10-11,15H2,1-2H3/t16-/m1/s1. The molecule has 0 radical (unpaired) electrons. The second-order valence-corrected chi connectivity index (χ2v) is 8.59. The molecule has 0 spiro atoms. The fourth-order valence-electron chi connectivity index (χ4n) is 4.70. The fourth-order valence-corrected chi connectivity index (χ4v) is 4.70. The minimum Gasteiger partial charge on any atom is -0.352 e. The zero-order chi connectivity index (χ0) is 21.5. The van der Waals surface area contributed by atoms with Crippen LogP contribution in [0.4, 0.5) is 5.82 Å². The molecule has 1 aliphatic carbocycles. The maximum absolute atomic E-state index is 11.9. The second kappa shape index (κ2) is 7.66. The van der Waals surface area contributed by atoms with Crippen LogP contribution in [0.25, 0.3) is 21.9 Å². The Morgan fingerprint density at radius 3 is 2.74 bits per heavy atom. The molecule has 1 atom stereocenters. The van der Waals surface area contributed by atoms with E-state index in [0.717, 1.165) is 46.3 Å². The molecule has 2 fully saturated rings. The Balaban J connectivity index is 1.61. The number of hydrogen-bond donors (Lipinski definition) is 0. The van der Waals surface area contributed by atoms with Crippen LogP contribution in [0.3, 0.4) is 0 Å². The lowest BCUT2D eigenvalue weighted by molar-refractivity contribution is -0.131. The van der Waals surface area contributed by atoms with E-state index in [4.69, 9.17) is 4.98 Å². The van der Waals surface area contributed by atoms with Gasteiger partial charge in [-0.15, -0.1) is 0 Å². The van der Waals surface area contributed by atoms with Crippen LogP contribution < -0.4 is 4.90 Å². The Labute approximate surface area is 182 Å². The molecule has 31 heavy (non-hydrogen) atoms. The van der Waals surface area contributed by atoms with Crippen LogP contribution in [-0.4, -0.2) is 46.5 Å². The number of rotatable bonds is 3. The van der Waals surface area contributed by atoms with Gasteiger partial charge in [-0.1, -0.05) is 18.2 Å². The lowest BCUT2D eigenvalue weighted by atomic mass is 9.95. The van der Waals surface area contributed by atoms with Gasteiger partial charge in [-0.2, -0.15) is 5.26 Å². The molecule has 1 aliphatic heterocycles. The summed E-state index contributed by atoms with van der Waals surface area (Å²) in [5, 5.41) is 12.2. The summed E-state index contributed by atoms with van der Waals surface area (Å²) in [6, 6.07) is 12.7. The van der Waals surface area contributed by atoms with Crippen LogP contribution >= 0.6 is 0 Å². The van der Waals surface area contributed by atoms with Gasteiger partial charge in [0, 0.05) is 61.9 Å². The van der Waals surface area contributed by atoms with E-state index in [2.05, 4.69) is 35.0 Å². The van der Waals surface area contributed by atoms with E-state index in [1.165, 1.54) is 0 Å². The molecule has 3 heterocycles. The van der Waals surface area contributed by atoms with E-state index in [-0.39, 0.29) is 11.9 Å². The maximum Gasteiger partial charge on any atom is 0.219 e. The summed E-state index contributed by atoms with van der Waals surface area (Å²) in [6.45, 7) is 5.70. The van der Waals surface area contributed by atoms with Crippen molar-refractivity contribution in [2.24, 2.45) is 0 Å². The van der Waals surface area contributed by atoms with Crippen molar-refractivity contribution < 1.29 is 4.79 Å². The van der Waals surface area contributed by atoms with E-state index >= 15 is 0 Å². The molecule has 1 saturated heterocycles. The Morgan fingerprint density at radius 2 is 2.03 bits per heavy atom. The largest absolute Gasteiger partial charge is 0.352 e. The molecule has 6 heteroatoms. The van der Waals surface area contributed by atoms with E-state index in [0.29, 0.717) is 31.1 Å². The van der Waals surface area contributed by atoms with Crippen LogP contribution in [0, 0.1) is 11.3 Å². The van der Waals surface area contributed by atoms with Crippen molar-refractivity contribution in [3.63, 3.8) is 0 Å². The van der Waals surface area contributed by atoms with Crippen molar-refractivity contribution in [2.75, 3.05) is 24.5 Å². The third-order valence-corrected chi connectivity index (χ3v) is 6.42. The van der Waals surface area contributed by atoms with Crippen LogP contribution in [0.1, 0.15) is 43.9 Å². The van der Waals surface area contributed by atoms with Gasteiger partial charge in [-0.25, -0.2) is 4.98 Å². The van der Waals surface area contributed by atoms with Gasteiger partial charge in [0.15, 0.2) is 0 Å². The molecule has 3 aromatic rings. The predicted molar refractivity (Wildman–Crippen MR) is 121 cm³/mol. The Morgan fingerprint density at radius 1 is 1.19 bits per heavy atom. The van der Waals surface area contributed by atoms with E-state index in [1.807, 2.05) is 35.5 Å². The summed E-state index contributed by atoms with van der Waals surface area (Å²) in [5.74, 6) is 1.29. The highest BCUT2D eigenvalue weighted by atomic mass is 16.2. The molecule has 0 unspecified atom stereocenters. The molecule has 2 aliphatic rings. The lowest BCUT2D eigenvalue weighted by Crippen LogP contribution is -2.53. The SMILES string of the molecule is CC(=O)N1CCN(c2nc(C3CC3)c(-c3cccc4cnccc34)cc2C#N)C[C@H]1C. The van der Waals surface area contributed by atoms with Gasteiger partial charge in [0.25, 0.3) is 0 Å². The monoisotopic (exact) mass is 411 g/mol. The molecule has 1 aromatic carbocycles. The van der Waals surface area contributed by atoms with Crippen LogP contribution in [0.5, 0.6) is 0 Å². The average Bonchev–Trinajstić information content (AvgIpc) is 3.63. The molecule has 0 N–H and O–H groups in total. The first-order chi connectivity index (χ1) is 15.1. The van der Waals surface area contributed by atoms with Crippen molar-refractivity contribution in [3.8, 4) is 17.2 Å². The predicted octanol–water partition coefficient (Wildman–Crippen LogP) is 4.10. The first-order valence-corrected chi connectivity index (χ1v) is 10.9. The molecule has 2 aromatic heterocycles. The van der Waals surface area contributed by atoms with Gasteiger partial charge < -0.3 is 9.80 Å². The average molecular weight is 412 g/mol. The molecular formula is C25H25N5O. The molecule has 1 saturated carbocycles. The molecular weight excluding hydrogens is 386 g/mol. The summed E-state index contributed by atoms with van der Waals surface area (Å²) in [6.07, 6.45) is 5.95. The van der Waals surface area contributed by atoms with E-state index < -0.39 is 0 Å². The number of pyridine rings is 2. The number of carbonyl (C=O) groups is 1. The highest BCUT2D eigenvalue weighted by molar-refractivity contribution is 5.97. The van der Waals surface area contributed by atoms with Crippen LogP contribution in [-0.2, 0) is 4.79 Å². The van der Waals surface area contributed by atoms with Crippen molar-refractivity contribution in [1.82, 2.24) is 14.9 Å². The number of hydrogen-bond acceptors (Lipinski definition) is 5. The van der Waals surface area contributed by atoms with Crippen molar-refractivity contribution >= 4 is 22.5 Å². The van der Waals surface area contributed by atoms with Gasteiger partial charge in [-0.3, -0.25) is 9.78 Å². The molecule has 5 rings (SSSR count). The number of fused-ring (bicyclic) bond motifs is 1. The normalized spacial score (nSPS) is 18.8. The van der Waals surface area contributed by atoms with E-state index in [9.17, 15) is 10.1 Å². The number of nitrogens with zero attached hydrogens (tertiary/aromatic N) is 5. The quantitative estimate of drug-likeness (QED) is 0.649. The zero-order valence-electron chi connectivity index (χ0n) is 17.9. The van der Waals surface area contributed by atoms with Crippen LogP contribution in [0.2, 0.25) is 0 Å². The topological polar surface area (TPSA) is 73.1 Å². The molecule has 1 amide bonds. The third kappa shape index (κ3) is 3.50. The summed E-state index contributed by atoms with van der Waals surface area (Å²) in [5.41, 5.74) is 3.83. The number of carbonyl (C=O) groups excluding carboxylic acids is 1. The van der Waals surface area contributed by atoms with Gasteiger partial charge in [0.05, 0.1) is 11.3 Å². The Hall–Kier alpha value is -3.46. The zero-order valence-corrected chi connectivity index (χ0v) is 17.9. The summed E-state index contributed by atoms with van der Waals surface area (Å²) in [7, 11) is 0. The number of piperazine rings is 1. The van der Waals surface area contributed by atoms with E-state index in [1.54, 1.807) is 6.92 Å². The van der Waals surface area contributed by atoms with Gasteiger partial charge in [0.1, 0.15) is 11.9 Å². The number of nitriles is 1. The number of anilines is 1. The van der Waals surface area contributed by atoms with Crippen LogP contribution in [0.15, 0.2) is 42.7 Å². The smallest absolute Gasteiger partial charge is 0.219 e. The van der Waals surface area contributed by atoms with Gasteiger partial charge >= 0.3 is 0 Å². The minimum atomic E-state index is 0.0919. The number of aromatic nitrogens is 2. The summed E-state index contributed by atoms with van der Waals surface area (Å²) >= 11 is 0. The third-order valence-electron chi connectivity index (χ3n) is 6.42. The summed E-state index contributed by atoms with van der Waals surface area (Å²) in [4.78, 5) is 25.3. The molecule has 6 nitrogen and oxygen atoms in total. The number of benzene rings is 1. The Kier molecular flexibility index (Phi) is 4.82. The first-order valence-electron chi connectivity index (χ1n) is 10.9. The minimum absolute atomic E-state index is 0.0919.